The highest BCUT2D eigenvalue weighted by Gasteiger charge is 2.41. The molecule has 3 atom stereocenters. The highest BCUT2D eigenvalue weighted by Crippen LogP contribution is 2.35. The molecule has 1 saturated carbocycles. The minimum atomic E-state index is -2.72. The predicted molar refractivity (Wildman–Crippen MR) is 135 cm³/mol. The first-order valence-electron chi connectivity index (χ1n) is 12.7. The van der Waals surface area contributed by atoms with Crippen LogP contribution in [0.2, 0.25) is 0 Å². The molecule has 1 saturated heterocycles. The number of β-amino-alcohol motifs (C(OH)–C–C–N with tert-alkyl or cyclic N) is 1. The topological polar surface area (TPSA) is 107 Å². The van der Waals surface area contributed by atoms with E-state index in [-0.39, 0.29) is 50.0 Å². The number of aliphatic hydroxyl groups excluding tert-OH is 1. The Kier molecular flexibility index (Phi) is 7.89. The fraction of sp³-hybridized carbons (Fsp3) is 0.556. The van der Waals surface area contributed by atoms with Crippen molar-refractivity contribution in [3.05, 3.63) is 54.1 Å². The fourth-order valence-corrected chi connectivity index (χ4v) is 4.93. The van der Waals surface area contributed by atoms with Gasteiger partial charge in [0.15, 0.2) is 0 Å². The van der Waals surface area contributed by atoms with E-state index in [4.69, 9.17) is 0 Å². The number of nitrogens with zero attached hydrogens (tertiary/aromatic N) is 3. The smallest absolute Gasteiger partial charge is 0.248 e. The maximum Gasteiger partial charge on any atom is 0.248 e. The van der Waals surface area contributed by atoms with Crippen molar-refractivity contribution in [3.63, 3.8) is 0 Å². The standard InChI is InChI=1S/C27H35F2N5O3/c1-26(2,3)18-4-6-20(7-5-18)34(25(37)22-12-21(35)15-32-22)23(17-13-30-16-31-14-17)24(36)33-19-8-10-27(28,29)11-9-19/h4-7,13-14,16,19,21-23,32,35H,8-12,15H2,1-3H3,(H,33,36). The van der Waals surface area contributed by atoms with Gasteiger partial charge in [0.1, 0.15) is 12.4 Å². The summed E-state index contributed by atoms with van der Waals surface area (Å²) in [5.74, 6) is -3.59. The van der Waals surface area contributed by atoms with Crippen LogP contribution < -0.4 is 15.5 Å². The second kappa shape index (κ2) is 10.8. The number of halogens is 2. The molecule has 200 valence electrons. The zero-order valence-corrected chi connectivity index (χ0v) is 21.5. The molecule has 2 amide bonds. The average molecular weight is 516 g/mol. The van der Waals surface area contributed by atoms with Crippen molar-refractivity contribution in [1.82, 2.24) is 20.6 Å². The van der Waals surface area contributed by atoms with Crippen LogP contribution in [0.1, 0.15) is 70.0 Å². The minimum absolute atomic E-state index is 0.114. The van der Waals surface area contributed by atoms with Crippen LogP contribution in [-0.2, 0) is 15.0 Å². The first kappa shape index (κ1) is 27.1. The molecule has 2 fully saturated rings. The van der Waals surface area contributed by atoms with Gasteiger partial charge >= 0.3 is 0 Å². The van der Waals surface area contributed by atoms with Crippen LogP contribution in [0.15, 0.2) is 43.0 Å². The largest absolute Gasteiger partial charge is 0.392 e. The van der Waals surface area contributed by atoms with Gasteiger partial charge in [-0.25, -0.2) is 18.7 Å². The van der Waals surface area contributed by atoms with Crippen molar-refractivity contribution in [2.45, 2.75) is 88.4 Å². The van der Waals surface area contributed by atoms with E-state index in [1.165, 1.54) is 23.6 Å². The third-order valence-corrected chi connectivity index (χ3v) is 7.12. The van der Waals surface area contributed by atoms with Crippen LogP contribution in [0.5, 0.6) is 0 Å². The summed E-state index contributed by atoms with van der Waals surface area (Å²) in [7, 11) is 0. The lowest BCUT2D eigenvalue weighted by Crippen LogP contribution is -2.52. The normalized spacial score (nSPS) is 22.9. The van der Waals surface area contributed by atoms with Gasteiger partial charge in [-0.2, -0.15) is 0 Å². The monoisotopic (exact) mass is 515 g/mol. The zero-order chi connectivity index (χ0) is 26.8. The Hall–Kier alpha value is -2.98. The molecular formula is C27H35F2N5O3. The second-order valence-corrected chi connectivity index (χ2v) is 11.1. The molecule has 8 nitrogen and oxygen atoms in total. The first-order chi connectivity index (χ1) is 17.4. The number of rotatable bonds is 6. The highest BCUT2D eigenvalue weighted by molar-refractivity contribution is 6.04. The molecule has 2 heterocycles. The molecule has 4 rings (SSSR count). The molecule has 0 radical (unpaired) electrons. The molecule has 1 aliphatic heterocycles. The quantitative estimate of drug-likeness (QED) is 0.545. The van der Waals surface area contributed by atoms with Crippen molar-refractivity contribution in [2.75, 3.05) is 11.4 Å². The zero-order valence-electron chi connectivity index (χ0n) is 21.5. The van der Waals surface area contributed by atoms with Crippen LogP contribution in [0, 0.1) is 0 Å². The molecular weight excluding hydrogens is 480 g/mol. The number of nitrogens with one attached hydrogen (secondary N) is 2. The summed E-state index contributed by atoms with van der Waals surface area (Å²) in [6, 6.07) is 5.20. The number of alkyl halides is 2. The molecule has 37 heavy (non-hydrogen) atoms. The van der Waals surface area contributed by atoms with Crippen LogP contribution in [-0.4, -0.2) is 57.5 Å². The van der Waals surface area contributed by atoms with Crippen molar-refractivity contribution >= 4 is 17.5 Å². The number of hydrogen-bond donors (Lipinski definition) is 3. The number of aliphatic hydroxyl groups is 1. The fourth-order valence-electron chi connectivity index (χ4n) is 4.93. The molecule has 3 unspecified atom stereocenters. The number of hydrogen-bond acceptors (Lipinski definition) is 6. The Morgan fingerprint density at radius 1 is 1.14 bits per heavy atom. The molecule has 1 aromatic carbocycles. The first-order valence-corrected chi connectivity index (χ1v) is 12.7. The predicted octanol–water partition coefficient (Wildman–Crippen LogP) is 3.27. The summed E-state index contributed by atoms with van der Waals surface area (Å²) in [6.07, 6.45) is 3.56. The van der Waals surface area contributed by atoms with Crippen molar-refractivity contribution in [1.29, 1.82) is 0 Å². The molecule has 10 heteroatoms. The second-order valence-electron chi connectivity index (χ2n) is 11.1. The lowest BCUT2D eigenvalue weighted by atomic mass is 9.87. The number of carbonyl (C=O) groups is 2. The molecule has 1 aliphatic carbocycles. The van der Waals surface area contributed by atoms with Gasteiger partial charge in [0, 0.05) is 49.1 Å². The number of aromatic nitrogens is 2. The van der Waals surface area contributed by atoms with E-state index in [2.05, 4.69) is 41.4 Å². The highest BCUT2D eigenvalue weighted by atomic mass is 19.3. The summed E-state index contributed by atoms with van der Waals surface area (Å²) < 4.78 is 27.4. The van der Waals surface area contributed by atoms with E-state index in [9.17, 15) is 23.5 Å². The van der Waals surface area contributed by atoms with Gasteiger partial charge in [-0.05, 0) is 42.4 Å². The number of anilines is 1. The Balaban J connectivity index is 1.71. The van der Waals surface area contributed by atoms with Gasteiger partial charge in [0.25, 0.3) is 0 Å². The molecule has 2 aromatic rings. The number of benzene rings is 1. The average Bonchev–Trinajstić information content (AvgIpc) is 3.29. The molecule has 0 spiro atoms. The van der Waals surface area contributed by atoms with Gasteiger partial charge in [0.2, 0.25) is 17.7 Å². The maximum absolute atomic E-state index is 13.9. The van der Waals surface area contributed by atoms with Gasteiger partial charge in [-0.3, -0.25) is 14.5 Å². The van der Waals surface area contributed by atoms with E-state index in [1.807, 2.05) is 12.1 Å². The Morgan fingerprint density at radius 3 is 2.30 bits per heavy atom. The maximum atomic E-state index is 13.9. The summed E-state index contributed by atoms with van der Waals surface area (Å²) in [6.45, 7) is 6.52. The van der Waals surface area contributed by atoms with Crippen LogP contribution >= 0.6 is 0 Å². The van der Waals surface area contributed by atoms with Crippen LogP contribution in [0.25, 0.3) is 0 Å². The lowest BCUT2D eigenvalue weighted by Gasteiger charge is -2.35. The molecule has 1 aromatic heterocycles. The van der Waals surface area contributed by atoms with Gasteiger partial charge in [0.05, 0.1) is 12.1 Å². The van der Waals surface area contributed by atoms with E-state index < -0.39 is 36.1 Å². The third-order valence-electron chi connectivity index (χ3n) is 7.12. The SMILES string of the molecule is CC(C)(C)c1ccc(N(C(=O)C2CC(O)CN2)C(C(=O)NC2CCC(F)(F)CC2)c2cncnc2)cc1. The van der Waals surface area contributed by atoms with E-state index in [0.29, 0.717) is 11.3 Å². The summed E-state index contributed by atoms with van der Waals surface area (Å²) >= 11 is 0. The minimum Gasteiger partial charge on any atom is -0.392 e. The molecule has 3 N–H and O–H groups in total. The summed E-state index contributed by atoms with van der Waals surface area (Å²) in [5, 5.41) is 16.0. The van der Waals surface area contributed by atoms with Crippen LogP contribution in [0.4, 0.5) is 14.5 Å². The summed E-state index contributed by atoms with van der Waals surface area (Å²) in [4.78, 5) is 37.2. The Bertz CT molecular complexity index is 1080. The lowest BCUT2D eigenvalue weighted by molar-refractivity contribution is -0.128. The van der Waals surface area contributed by atoms with Crippen LogP contribution in [0.3, 0.4) is 0 Å². The van der Waals surface area contributed by atoms with Crippen molar-refractivity contribution in [3.8, 4) is 0 Å². The van der Waals surface area contributed by atoms with Gasteiger partial charge in [-0.15, -0.1) is 0 Å². The molecule has 0 bridgehead atoms. The number of amides is 2. The number of carbonyl (C=O) groups excluding carboxylic acids is 2. The van der Waals surface area contributed by atoms with E-state index in [0.717, 1.165) is 5.56 Å². The van der Waals surface area contributed by atoms with E-state index >= 15 is 0 Å². The Morgan fingerprint density at radius 2 is 1.76 bits per heavy atom. The molecule has 2 aliphatic rings. The third kappa shape index (κ3) is 6.48. The summed E-state index contributed by atoms with van der Waals surface area (Å²) in [5.41, 5.74) is 1.84. The van der Waals surface area contributed by atoms with E-state index in [1.54, 1.807) is 12.1 Å². The van der Waals surface area contributed by atoms with Crippen molar-refractivity contribution < 1.29 is 23.5 Å². The Labute approximate surface area is 215 Å². The van der Waals surface area contributed by atoms with Gasteiger partial charge < -0.3 is 15.7 Å². The van der Waals surface area contributed by atoms with Crippen molar-refractivity contribution in [2.24, 2.45) is 0 Å². The van der Waals surface area contributed by atoms with Gasteiger partial charge in [-0.1, -0.05) is 32.9 Å².